The van der Waals surface area contributed by atoms with Crippen LogP contribution in [0.3, 0.4) is 0 Å². The summed E-state index contributed by atoms with van der Waals surface area (Å²) >= 11 is 0. The third kappa shape index (κ3) is 4.08. The first-order valence-corrected chi connectivity index (χ1v) is 4.75. The molecule has 0 saturated heterocycles. The van der Waals surface area contributed by atoms with Crippen LogP contribution in [0.25, 0.3) is 0 Å². The molecule has 4 heteroatoms. The largest absolute Gasteiger partial charge is 0.469 e. The van der Waals surface area contributed by atoms with Crippen LogP contribution in [0.15, 0.2) is 24.3 Å². The lowest BCUT2D eigenvalue weighted by Gasteiger charge is -2.04. The number of carbonyl (C=O) groups excluding carboxylic acids is 1. The average molecular weight is 211 g/mol. The van der Waals surface area contributed by atoms with E-state index in [1.807, 2.05) is 0 Å². The van der Waals surface area contributed by atoms with E-state index in [1.54, 1.807) is 18.2 Å². The summed E-state index contributed by atoms with van der Waals surface area (Å²) in [6.07, 6.45) is 0.297. The number of hydrogen-bond donors (Lipinski definition) is 1. The molecule has 0 aliphatic rings. The molecule has 0 aliphatic carbocycles. The average Bonchev–Trinajstić information content (AvgIpc) is 2.26. The van der Waals surface area contributed by atoms with E-state index < -0.39 is 0 Å². The third-order valence-electron chi connectivity index (χ3n) is 2.01. The van der Waals surface area contributed by atoms with Gasteiger partial charge in [-0.2, -0.15) is 0 Å². The van der Waals surface area contributed by atoms with Crippen LogP contribution in [-0.4, -0.2) is 19.6 Å². The molecular weight excluding hydrogens is 197 g/mol. The smallest absolute Gasteiger partial charge is 0.306 e. The molecule has 0 saturated carbocycles. The molecule has 0 aliphatic heterocycles. The van der Waals surface area contributed by atoms with E-state index in [4.69, 9.17) is 0 Å². The Kier molecular flexibility index (Phi) is 4.77. The summed E-state index contributed by atoms with van der Waals surface area (Å²) in [7, 11) is 1.35. The molecule has 3 nitrogen and oxygen atoms in total. The van der Waals surface area contributed by atoms with Crippen LogP contribution in [0.5, 0.6) is 0 Å². The minimum Gasteiger partial charge on any atom is -0.469 e. The zero-order valence-electron chi connectivity index (χ0n) is 8.63. The standard InChI is InChI=1S/C11H14FNO2/c1-15-11(14)6-7-13-8-9-4-2-3-5-10(9)12/h2-5,13H,6-8H2,1H3. The molecule has 0 radical (unpaired) electrons. The lowest BCUT2D eigenvalue weighted by atomic mass is 10.2. The Balaban J connectivity index is 2.26. The molecule has 0 atom stereocenters. The first-order chi connectivity index (χ1) is 7.24. The molecular formula is C11H14FNO2. The van der Waals surface area contributed by atoms with Gasteiger partial charge in [0.1, 0.15) is 5.82 Å². The molecule has 1 rings (SSSR count). The molecule has 82 valence electrons. The fourth-order valence-electron chi connectivity index (χ4n) is 1.16. The molecule has 0 spiro atoms. The van der Waals surface area contributed by atoms with E-state index in [1.165, 1.54) is 13.2 Å². The van der Waals surface area contributed by atoms with Crippen molar-refractivity contribution in [1.29, 1.82) is 0 Å². The van der Waals surface area contributed by atoms with Crippen molar-refractivity contribution in [2.24, 2.45) is 0 Å². The quantitative estimate of drug-likeness (QED) is 0.592. The maximum atomic E-state index is 13.1. The molecule has 0 aromatic heterocycles. The van der Waals surface area contributed by atoms with Gasteiger partial charge in [-0.05, 0) is 6.07 Å². The number of halogens is 1. The van der Waals surface area contributed by atoms with Crippen molar-refractivity contribution >= 4 is 5.97 Å². The highest BCUT2D eigenvalue weighted by Crippen LogP contribution is 2.05. The van der Waals surface area contributed by atoms with Gasteiger partial charge >= 0.3 is 5.97 Å². The number of methoxy groups -OCH3 is 1. The Bertz CT molecular complexity index is 328. The summed E-state index contributed by atoms with van der Waals surface area (Å²) in [5.41, 5.74) is 0.599. The van der Waals surface area contributed by atoms with E-state index in [2.05, 4.69) is 10.1 Å². The summed E-state index contributed by atoms with van der Waals surface area (Å²) in [5.74, 6) is -0.501. The number of ether oxygens (including phenoxy) is 1. The van der Waals surface area contributed by atoms with E-state index in [0.717, 1.165) is 0 Å². The van der Waals surface area contributed by atoms with E-state index in [0.29, 0.717) is 25.1 Å². The van der Waals surface area contributed by atoms with Crippen LogP contribution in [0.2, 0.25) is 0 Å². The van der Waals surface area contributed by atoms with Crippen molar-refractivity contribution in [2.45, 2.75) is 13.0 Å². The van der Waals surface area contributed by atoms with Gasteiger partial charge in [0.25, 0.3) is 0 Å². The summed E-state index contributed by atoms with van der Waals surface area (Å²) in [6.45, 7) is 0.907. The molecule has 0 amide bonds. The minimum atomic E-state index is -0.268. The monoisotopic (exact) mass is 211 g/mol. The van der Waals surface area contributed by atoms with Gasteiger partial charge < -0.3 is 10.1 Å². The summed E-state index contributed by atoms with van der Waals surface area (Å²) in [6, 6.07) is 6.55. The topological polar surface area (TPSA) is 38.3 Å². The second-order valence-corrected chi connectivity index (χ2v) is 3.09. The summed E-state index contributed by atoms with van der Waals surface area (Å²) in [4.78, 5) is 10.8. The molecule has 1 aromatic rings. The lowest BCUT2D eigenvalue weighted by Crippen LogP contribution is -2.18. The van der Waals surface area contributed by atoms with Crippen molar-refractivity contribution < 1.29 is 13.9 Å². The molecule has 0 unspecified atom stereocenters. The Morgan fingerprint density at radius 1 is 1.47 bits per heavy atom. The first kappa shape index (κ1) is 11.7. The molecule has 1 N–H and O–H groups in total. The van der Waals surface area contributed by atoms with Gasteiger partial charge in [-0.1, -0.05) is 18.2 Å². The Morgan fingerprint density at radius 3 is 2.87 bits per heavy atom. The first-order valence-electron chi connectivity index (χ1n) is 4.75. The predicted octanol–water partition coefficient (Wildman–Crippen LogP) is 1.48. The van der Waals surface area contributed by atoms with Crippen LogP contribution in [0.1, 0.15) is 12.0 Å². The number of benzene rings is 1. The molecule has 0 heterocycles. The van der Waals surface area contributed by atoms with Crippen molar-refractivity contribution in [3.05, 3.63) is 35.6 Å². The third-order valence-corrected chi connectivity index (χ3v) is 2.01. The van der Waals surface area contributed by atoms with Crippen molar-refractivity contribution in [3.63, 3.8) is 0 Å². The fourth-order valence-corrected chi connectivity index (χ4v) is 1.16. The Morgan fingerprint density at radius 2 is 2.20 bits per heavy atom. The molecule has 0 fully saturated rings. The Labute approximate surface area is 88.2 Å². The number of esters is 1. The van der Waals surface area contributed by atoms with Gasteiger partial charge in [-0.3, -0.25) is 4.79 Å². The second kappa shape index (κ2) is 6.14. The van der Waals surface area contributed by atoms with Crippen LogP contribution in [-0.2, 0) is 16.1 Å². The molecule has 0 bridgehead atoms. The highest BCUT2D eigenvalue weighted by Gasteiger charge is 2.01. The van der Waals surface area contributed by atoms with Crippen LogP contribution >= 0.6 is 0 Å². The van der Waals surface area contributed by atoms with Crippen LogP contribution in [0.4, 0.5) is 4.39 Å². The molecule has 15 heavy (non-hydrogen) atoms. The minimum absolute atomic E-state index is 0.233. The maximum Gasteiger partial charge on any atom is 0.306 e. The van der Waals surface area contributed by atoms with Gasteiger partial charge in [0, 0.05) is 18.7 Å². The van der Waals surface area contributed by atoms with Crippen molar-refractivity contribution in [2.75, 3.05) is 13.7 Å². The van der Waals surface area contributed by atoms with Crippen molar-refractivity contribution in [3.8, 4) is 0 Å². The summed E-state index contributed by atoms with van der Waals surface area (Å²) in [5, 5.41) is 2.97. The predicted molar refractivity (Wildman–Crippen MR) is 54.7 cm³/mol. The zero-order chi connectivity index (χ0) is 11.1. The number of hydrogen-bond acceptors (Lipinski definition) is 3. The van der Waals surface area contributed by atoms with E-state index in [-0.39, 0.29) is 11.8 Å². The van der Waals surface area contributed by atoms with Crippen LogP contribution < -0.4 is 5.32 Å². The second-order valence-electron chi connectivity index (χ2n) is 3.09. The normalized spacial score (nSPS) is 10.0. The summed E-state index contributed by atoms with van der Waals surface area (Å²) < 4.78 is 17.6. The highest BCUT2D eigenvalue weighted by molar-refractivity contribution is 5.69. The van der Waals surface area contributed by atoms with E-state index >= 15 is 0 Å². The van der Waals surface area contributed by atoms with Gasteiger partial charge in [0.05, 0.1) is 13.5 Å². The van der Waals surface area contributed by atoms with E-state index in [9.17, 15) is 9.18 Å². The van der Waals surface area contributed by atoms with Crippen molar-refractivity contribution in [1.82, 2.24) is 5.32 Å². The lowest BCUT2D eigenvalue weighted by molar-refractivity contribution is -0.140. The van der Waals surface area contributed by atoms with Gasteiger partial charge in [0.2, 0.25) is 0 Å². The van der Waals surface area contributed by atoms with Gasteiger partial charge in [-0.15, -0.1) is 0 Å². The highest BCUT2D eigenvalue weighted by atomic mass is 19.1. The number of rotatable bonds is 5. The molecule has 1 aromatic carbocycles. The van der Waals surface area contributed by atoms with Gasteiger partial charge in [-0.25, -0.2) is 4.39 Å². The Hall–Kier alpha value is -1.42. The maximum absolute atomic E-state index is 13.1. The van der Waals surface area contributed by atoms with Gasteiger partial charge in [0.15, 0.2) is 0 Å². The SMILES string of the molecule is COC(=O)CCNCc1ccccc1F. The fraction of sp³-hybridized carbons (Fsp3) is 0.364. The number of carbonyl (C=O) groups is 1. The zero-order valence-corrected chi connectivity index (χ0v) is 8.63. The number of nitrogens with one attached hydrogen (secondary N) is 1. The van der Waals surface area contributed by atoms with Crippen LogP contribution in [0, 0.1) is 5.82 Å².